The van der Waals surface area contributed by atoms with Crippen LogP contribution in [0.2, 0.25) is 0 Å². The molecule has 5 aliphatic carbocycles. The third-order valence-corrected chi connectivity index (χ3v) is 10.3. The second kappa shape index (κ2) is 4.44. The maximum Gasteiger partial charge on any atom is 0.174 e. The predicted molar refractivity (Wildman–Crippen MR) is 93.4 cm³/mol. The summed E-state index contributed by atoms with van der Waals surface area (Å²) in [6.45, 7) is 6.48. The van der Waals surface area contributed by atoms with E-state index in [-0.39, 0.29) is 16.6 Å². The van der Waals surface area contributed by atoms with Crippen molar-refractivity contribution >= 4 is 5.71 Å². The first-order valence-corrected chi connectivity index (χ1v) is 10.5. The third-order valence-electron chi connectivity index (χ3n) is 10.3. The SMILES string of the molecule is CC12CCC3C(C/C(=N\O)C45CC4CCC35C)C1CCC21OCCO1. The van der Waals surface area contributed by atoms with Crippen molar-refractivity contribution in [1.29, 1.82) is 0 Å². The van der Waals surface area contributed by atoms with E-state index in [1.165, 1.54) is 38.5 Å². The Morgan fingerprint density at radius 3 is 2.36 bits per heavy atom. The van der Waals surface area contributed by atoms with Crippen molar-refractivity contribution in [2.45, 2.75) is 71.0 Å². The molecule has 2 spiro atoms. The molecule has 4 nitrogen and oxygen atoms in total. The molecule has 6 aliphatic rings. The number of rotatable bonds is 0. The molecule has 7 atom stereocenters. The molecular formula is C21H31NO3. The average Bonchev–Trinajstić information content (AvgIpc) is 2.91. The van der Waals surface area contributed by atoms with E-state index in [1.807, 2.05) is 0 Å². The summed E-state index contributed by atoms with van der Waals surface area (Å²) in [5, 5.41) is 13.8. The van der Waals surface area contributed by atoms with Gasteiger partial charge in [0.1, 0.15) is 0 Å². The lowest BCUT2D eigenvalue weighted by Gasteiger charge is -2.59. The summed E-state index contributed by atoms with van der Waals surface area (Å²) in [6.07, 6.45) is 9.77. The smallest absolute Gasteiger partial charge is 0.174 e. The van der Waals surface area contributed by atoms with Crippen LogP contribution in [-0.4, -0.2) is 29.9 Å². The van der Waals surface area contributed by atoms with Gasteiger partial charge >= 0.3 is 0 Å². The molecule has 6 rings (SSSR count). The van der Waals surface area contributed by atoms with E-state index in [9.17, 15) is 5.21 Å². The van der Waals surface area contributed by atoms with Gasteiger partial charge in [0, 0.05) is 17.3 Å². The lowest BCUT2D eigenvalue weighted by molar-refractivity contribution is -0.243. The van der Waals surface area contributed by atoms with Gasteiger partial charge in [-0.1, -0.05) is 19.0 Å². The number of nitrogens with zero attached hydrogens (tertiary/aromatic N) is 1. The Hall–Kier alpha value is -0.610. The molecule has 1 saturated heterocycles. The Labute approximate surface area is 150 Å². The molecule has 0 amide bonds. The summed E-state index contributed by atoms with van der Waals surface area (Å²) >= 11 is 0. The van der Waals surface area contributed by atoms with Crippen molar-refractivity contribution in [2.75, 3.05) is 13.2 Å². The quantitative estimate of drug-likeness (QED) is 0.528. The Balaban J connectivity index is 1.42. The Kier molecular flexibility index (Phi) is 2.74. The Morgan fingerprint density at radius 2 is 1.64 bits per heavy atom. The molecule has 0 aromatic heterocycles. The molecule has 25 heavy (non-hydrogen) atoms. The van der Waals surface area contributed by atoms with Crippen LogP contribution in [0, 0.1) is 39.9 Å². The van der Waals surface area contributed by atoms with Crippen LogP contribution in [-0.2, 0) is 9.47 Å². The molecule has 7 unspecified atom stereocenters. The highest BCUT2D eigenvalue weighted by molar-refractivity contribution is 5.95. The minimum absolute atomic E-state index is 0.133. The van der Waals surface area contributed by atoms with Crippen LogP contribution in [0.4, 0.5) is 0 Å². The van der Waals surface area contributed by atoms with Crippen molar-refractivity contribution in [1.82, 2.24) is 0 Å². The van der Waals surface area contributed by atoms with Gasteiger partial charge in [0.2, 0.25) is 0 Å². The van der Waals surface area contributed by atoms with Crippen LogP contribution in [0.5, 0.6) is 0 Å². The van der Waals surface area contributed by atoms with Gasteiger partial charge in [0.15, 0.2) is 5.79 Å². The number of fused-ring (bicyclic) bond motifs is 5. The lowest BCUT2D eigenvalue weighted by Crippen LogP contribution is -2.58. The monoisotopic (exact) mass is 345 g/mol. The van der Waals surface area contributed by atoms with E-state index in [4.69, 9.17) is 9.47 Å². The molecule has 6 fully saturated rings. The fourth-order valence-corrected chi connectivity index (χ4v) is 9.06. The lowest BCUT2D eigenvalue weighted by atomic mass is 9.46. The predicted octanol–water partition coefficient (Wildman–Crippen LogP) is 4.21. The largest absolute Gasteiger partial charge is 0.411 e. The van der Waals surface area contributed by atoms with E-state index < -0.39 is 0 Å². The molecule has 1 heterocycles. The summed E-state index contributed by atoms with van der Waals surface area (Å²) in [5.41, 5.74) is 1.90. The molecule has 1 N–H and O–H groups in total. The number of ether oxygens (including phenoxy) is 2. The van der Waals surface area contributed by atoms with E-state index in [0.29, 0.717) is 17.3 Å². The zero-order chi connectivity index (χ0) is 17.1. The first-order valence-electron chi connectivity index (χ1n) is 10.5. The fraction of sp³-hybridized carbons (Fsp3) is 0.952. The Bertz CT molecular complexity index is 656. The molecule has 138 valence electrons. The fourth-order valence-electron chi connectivity index (χ4n) is 9.06. The minimum atomic E-state index is -0.326. The second-order valence-corrected chi connectivity index (χ2v) is 10.4. The summed E-state index contributed by atoms with van der Waals surface area (Å²) in [7, 11) is 0. The van der Waals surface area contributed by atoms with Gasteiger partial charge in [-0.15, -0.1) is 0 Å². The molecule has 1 aliphatic heterocycles. The summed E-state index contributed by atoms with van der Waals surface area (Å²) in [4.78, 5) is 0. The van der Waals surface area contributed by atoms with Gasteiger partial charge in [-0.3, -0.25) is 0 Å². The van der Waals surface area contributed by atoms with Crippen molar-refractivity contribution in [3.8, 4) is 0 Å². The van der Waals surface area contributed by atoms with Crippen LogP contribution in [0.15, 0.2) is 5.16 Å². The zero-order valence-electron chi connectivity index (χ0n) is 15.6. The number of hydrogen-bond acceptors (Lipinski definition) is 4. The van der Waals surface area contributed by atoms with E-state index in [2.05, 4.69) is 19.0 Å². The highest BCUT2D eigenvalue weighted by atomic mass is 16.7. The highest BCUT2D eigenvalue weighted by Gasteiger charge is 2.77. The molecule has 0 bridgehead atoms. The van der Waals surface area contributed by atoms with E-state index in [0.717, 1.165) is 43.6 Å². The van der Waals surface area contributed by atoms with Crippen molar-refractivity contribution in [3.63, 3.8) is 0 Å². The summed E-state index contributed by atoms with van der Waals surface area (Å²) in [5.74, 6) is 2.56. The molecule has 0 radical (unpaired) electrons. The van der Waals surface area contributed by atoms with Crippen LogP contribution in [0.1, 0.15) is 65.2 Å². The minimum Gasteiger partial charge on any atom is -0.411 e. The zero-order valence-corrected chi connectivity index (χ0v) is 15.6. The molecular weight excluding hydrogens is 314 g/mol. The standard InChI is InChI=1S/C21H31NO3/c1-18-6-3-13-12-20(13,18)17(22-23)11-14-15(18)4-7-19(2)16(14)5-8-21(19)24-9-10-25-21/h13-16,23H,3-12H2,1-2H3/b22-17+. The van der Waals surface area contributed by atoms with Gasteiger partial charge < -0.3 is 14.7 Å². The molecule has 4 heteroatoms. The maximum atomic E-state index is 9.88. The second-order valence-electron chi connectivity index (χ2n) is 10.4. The number of hydrogen-bond donors (Lipinski definition) is 1. The van der Waals surface area contributed by atoms with Crippen LogP contribution in [0.3, 0.4) is 0 Å². The molecule has 0 aromatic rings. The third kappa shape index (κ3) is 1.47. The van der Waals surface area contributed by atoms with Crippen LogP contribution >= 0.6 is 0 Å². The van der Waals surface area contributed by atoms with Gasteiger partial charge in [0.25, 0.3) is 0 Å². The average molecular weight is 345 g/mol. The topological polar surface area (TPSA) is 51.1 Å². The highest BCUT2D eigenvalue weighted by Crippen LogP contribution is 2.81. The normalized spacial score (nSPS) is 59.5. The molecule has 0 aromatic carbocycles. The number of oxime groups is 1. The van der Waals surface area contributed by atoms with Gasteiger partial charge in [-0.25, -0.2) is 0 Å². The summed E-state index contributed by atoms with van der Waals surface area (Å²) in [6, 6.07) is 0. The first-order chi connectivity index (χ1) is 12.0. The van der Waals surface area contributed by atoms with Gasteiger partial charge in [-0.2, -0.15) is 0 Å². The van der Waals surface area contributed by atoms with E-state index in [1.54, 1.807) is 0 Å². The first kappa shape index (κ1) is 15.4. The van der Waals surface area contributed by atoms with Crippen molar-refractivity contribution in [3.05, 3.63) is 0 Å². The summed E-state index contributed by atoms with van der Waals surface area (Å²) < 4.78 is 12.5. The van der Waals surface area contributed by atoms with Gasteiger partial charge in [-0.05, 0) is 74.0 Å². The van der Waals surface area contributed by atoms with Crippen molar-refractivity contribution < 1.29 is 14.7 Å². The molecule has 5 saturated carbocycles. The van der Waals surface area contributed by atoms with Crippen LogP contribution in [0.25, 0.3) is 0 Å². The Morgan fingerprint density at radius 1 is 0.960 bits per heavy atom. The van der Waals surface area contributed by atoms with E-state index >= 15 is 0 Å². The van der Waals surface area contributed by atoms with Gasteiger partial charge in [0.05, 0.1) is 18.9 Å². The van der Waals surface area contributed by atoms with Crippen LogP contribution < -0.4 is 0 Å². The van der Waals surface area contributed by atoms with Crippen molar-refractivity contribution in [2.24, 2.45) is 45.1 Å². The maximum absolute atomic E-state index is 9.88.